The zero-order valence-electron chi connectivity index (χ0n) is 11.8. The van der Waals surface area contributed by atoms with E-state index in [0.29, 0.717) is 0 Å². The van der Waals surface area contributed by atoms with E-state index in [9.17, 15) is 10.1 Å². The standard InChI is InChI=1S/C13H21N3O3/c1-10(7-8-15(2)3)14-11-5-6-12(16(17)18)13(9-11)19-4/h5-6,9-10,14H,7-8H2,1-4H3. The van der Waals surface area contributed by atoms with E-state index in [1.165, 1.54) is 13.2 Å². The van der Waals surface area contributed by atoms with Crippen LogP contribution in [0, 0.1) is 10.1 Å². The summed E-state index contributed by atoms with van der Waals surface area (Å²) in [6, 6.07) is 5.10. The van der Waals surface area contributed by atoms with E-state index in [-0.39, 0.29) is 17.5 Å². The van der Waals surface area contributed by atoms with Crippen molar-refractivity contribution in [2.75, 3.05) is 33.1 Å². The van der Waals surface area contributed by atoms with E-state index in [1.54, 1.807) is 12.1 Å². The quantitative estimate of drug-likeness (QED) is 0.606. The molecule has 1 unspecified atom stereocenters. The van der Waals surface area contributed by atoms with Gasteiger partial charge in [0, 0.05) is 23.9 Å². The maximum Gasteiger partial charge on any atom is 0.311 e. The molecule has 1 aromatic carbocycles. The molecule has 0 fully saturated rings. The Morgan fingerprint density at radius 3 is 2.68 bits per heavy atom. The SMILES string of the molecule is COc1cc(NC(C)CCN(C)C)ccc1[N+](=O)[O-]. The minimum atomic E-state index is -0.446. The number of ether oxygens (including phenoxy) is 1. The van der Waals surface area contributed by atoms with Crippen LogP contribution < -0.4 is 10.1 Å². The predicted molar refractivity (Wildman–Crippen MR) is 75.9 cm³/mol. The molecule has 0 radical (unpaired) electrons. The number of hydrogen-bond acceptors (Lipinski definition) is 5. The average Bonchev–Trinajstić information content (AvgIpc) is 2.35. The first kappa shape index (κ1) is 15.2. The molecule has 0 spiro atoms. The smallest absolute Gasteiger partial charge is 0.311 e. The van der Waals surface area contributed by atoms with Crippen LogP contribution in [0.25, 0.3) is 0 Å². The van der Waals surface area contributed by atoms with Gasteiger partial charge in [-0.1, -0.05) is 0 Å². The molecule has 0 saturated carbocycles. The summed E-state index contributed by atoms with van der Waals surface area (Å²) in [5.74, 6) is 0.273. The highest BCUT2D eigenvalue weighted by Crippen LogP contribution is 2.29. The third-order valence-corrected chi connectivity index (χ3v) is 2.80. The van der Waals surface area contributed by atoms with Crippen molar-refractivity contribution < 1.29 is 9.66 Å². The lowest BCUT2D eigenvalue weighted by atomic mass is 10.2. The molecule has 6 heteroatoms. The van der Waals surface area contributed by atoms with Gasteiger partial charge >= 0.3 is 5.69 Å². The Morgan fingerprint density at radius 2 is 2.16 bits per heavy atom. The fraction of sp³-hybridized carbons (Fsp3) is 0.538. The van der Waals surface area contributed by atoms with Crippen molar-refractivity contribution in [3.05, 3.63) is 28.3 Å². The molecule has 106 valence electrons. The minimum Gasteiger partial charge on any atom is -0.490 e. The number of rotatable bonds is 7. The van der Waals surface area contributed by atoms with Crippen LogP contribution in [0.3, 0.4) is 0 Å². The normalized spacial score (nSPS) is 12.3. The molecular formula is C13H21N3O3. The van der Waals surface area contributed by atoms with E-state index in [0.717, 1.165) is 18.7 Å². The molecule has 0 saturated heterocycles. The molecule has 1 aromatic rings. The maximum atomic E-state index is 10.8. The number of nitrogens with zero attached hydrogens (tertiary/aromatic N) is 2. The van der Waals surface area contributed by atoms with Crippen molar-refractivity contribution in [2.24, 2.45) is 0 Å². The number of methoxy groups -OCH3 is 1. The molecule has 0 bridgehead atoms. The van der Waals surface area contributed by atoms with E-state index in [1.807, 2.05) is 14.1 Å². The largest absolute Gasteiger partial charge is 0.490 e. The van der Waals surface area contributed by atoms with Gasteiger partial charge in [0.25, 0.3) is 0 Å². The van der Waals surface area contributed by atoms with Crippen molar-refractivity contribution >= 4 is 11.4 Å². The lowest BCUT2D eigenvalue weighted by Gasteiger charge is -2.18. The zero-order valence-corrected chi connectivity index (χ0v) is 11.8. The number of benzene rings is 1. The highest BCUT2D eigenvalue weighted by atomic mass is 16.6. The second kappa shape index (κ2) is 6.94. The van der Waals surface area contributed by atoms with Crippen molar-refractivity contribution in [1.82, 2.24) is 4.90 Å². The first-order chi connectivity index (χ1) is 8.93. The van der Waals surface area contributed by atoms with Crippen LogP contribution in [0.2, 0.25) is 0 Å². The minimum absolute atomic E-state index is 0.0194. The van der Waals surface area contributed by atoms with Crippen molar-refractivity contribution in [3.8, 4) is 5.75 Å². The first-order valence-corrected chi connectivity index (χ1v) is 6.17. The summed E-state index contributed by atoms with van der Waals surface area (Å²) in [5.41, 5.74) is 0.808. The first-order valence-electron chi connectivity index (χ1n) is 6.17. The predicted octanol–water partition coefficient (Wildman–Crippen LogP) is 2.36. The zero-order chi connectivity index (χ0) is 14.4. The summed E-state index contributed by atoms with van der Waals surface area (Å²) in [7, 11) is 5.49. The molecule has 1 atom stereocenters. The van der Waals surface area contributed by atoms with Crippen LogP contribution in [0.15, 0.2) is 18.2 Å². The fourth-order valence-electron chi connectivity index (χ4n) is 1.73. The number of nitro benzene ring substituents is 1. The van der Waals surface area contributed by atoms with Gasteiger partial charge in [-0.05, 0) is 40.1 Å². The number of nitro groups is 1. The van der Waals surface area contributed by atoms with Gasteiger partial charge in [0.2, 0.25) is 0 Å². The Hall–Kier alpha value is -1.82. The van der Waals surface area contributed by atoms with Crippen LogP contribution in [0.5, 0.6) is 5.75 Å². The summed E-state index contributed by atoms with van der Waals surface area (Å²) in [5, 5.41) is 14.1. The lowest BCUT2D eigenvalue weighted by molar-refractivity contribution is -0.385. The van der Waals surface area contributed by atoms with E-state index in [4.69, 9.17) is 4.74 Å². The summed E-state index contributed by atoms with van der Waals surface area (Å²) < 4.78 is 5.04. The van der Waals surface area contributed by atoms with Crippen LogP contribution >= 0.6 is 0 Å². The van der Waals surface area contributed by atoms with E-state index < -0.39 is 4.92 Å². The van der Waals surface area contributed by atoms with Crippen LogP contribution in [-0.2, 0) is 0 Å². The Morgan fingerprint density at radius 1 is 1.47 bits per heavy atom. The summed E-state index contributed by atoms with van der Waals surface area (Å²) in [6.45, 7) is 3.07. The Labute approximate surface area is 113 Å². The Bertz CT molecular complexity index is 435. The molecule has 0 aliphatic heterocycles. The molecule has 0 amide bonds. The molecule has 0 heterocycles. The lowest BCUT2D eigenvalue weighted by Crippen LogP contribution is -2.22. The Kier molecular flexibility index (Phi) is 5.57. The van der Waals surface area contributed by atoms with Gasteiger partial charge in [0.1, 0.15) is 0 Å². The topological polar surface area (TPSA) is 67.6 Å². The van der Waals surface area contributed by atoms with Gasteiger partial charge in [-0.15, -0.1) is 0 Å². The van der Waals surface area contributed by atoms with Crippen molar-refractivity contribution in [3.63, 3.8) is 0 Å². The third-order valence-electron chi connectivity index (χ3n) is 2.80. The molecule has 19 heavy (non-hydrogen) atoms. The van der Waals surface area contributed by atoms with Gasteiger partial charge in [0.05, 0.1) is 12.0 Å². The van der Waals surface area contributed by atoms with Crippen molar-refractivity contribution in [1.29, 1.82) is 0 Å². The molecule has 0 aromatic heterocycles. The summed E-state index contributed by atoms with van der Waals surface area (Å²) in [4.78, 5) is 12.5. The number of hydrogen-bond donors (Lipinski definition) is 1. The summed E-state index contributed by atoms with van der Waals surface area (Å²) in [6.07, 6.45) is 0.992. The van der Waals surface area contributed by atoms with Gasteiger partial charge in [0.15, 0.2) is 5.75 Å². The molecular weight excluding hydrogens is 246 g/mol. The fourth-order valence-corrected chi connectivity index (χ4v) is 1.73. The maximum absolute atomic E-state index is 10.8. The van der Waals surface area contributed by atoms with Crippen LogP contribution in [-0.4, -0.2) is 43.6 Å². The molecule has 6 nitrogen and oxygen atoms in total. The van der Waals surface area contributed by atoms with Gasteiger partial charge in [-0.2, -0.15) is 0 Å². The molecule has 0 aliphatic rings. The third kappa shape index (κ3) is 4.75. The Balaban J connectivity index is 2.71. The van der Waals surface area contributed by atoms with Crippen LogP contribution in [0.1, 0.15) is 13.3 Å². The number of nitrogens with one attached hydrogen (secondary N) is 1. The number of anilines is 1. The van der Waals surface area contributed by atoms with Crippen molar-refractivity contribution in [2.45, 2.75) is 19.4 Å². The van der Waals surface area contributed by atoms with Gasteiger partial charge < -0.3 is 15.0 Å². The second-order valence-electron chi connectivity index (χ2n) is 4.78. The second-order valence-corrected chi connectivity index (χ2v) is 4.78. The monoisotopic (exact) mass is 267 g/mol. The molecule has 1 N–H and O–H groups in total. The van der Waals surface area contributed by atoms with Gasteiger partial charge in [-0.3, -0.25) is 10.1 Å². The van der Waals surface area contributed by atoms with E-state index >= 15 is 0 Å². The van der Waals surface area contributed by atoms with Crippen LogP contribution in [0.4, 0.5) is 11.4 Å². The average molecular weight is 267 g/mol. The summed E-state index contributed by atoms with van der Waals surface area (Å²) >= 11 is 0. The highest BCUT2D eigenvalue weighted by molar-refractivity contribution is 5.58. The van der Waals surface area contributed by atoms with Gasteiger partial charge in [-0.25, -0.2) is 0 Å². The van der Waals surface area contributed by atoms with E-state index in [2.05, 4.69) is 17.1 Å². The molecule has 1 rings (SSSR count). The highest BCUT2D eigenvalue weighted by Gasteiger charge is 2.15. The molecule has 0 aliphatic carbocycles.